The largest absolute Gasteiger partial charge is 0.350 e. The van der Waals surface area contributed by atoms with Gasteiger partial charge in [-0.15, -0.1) is 0 Å². The van der Waals surface area contributed by atoms with Crippen molar-refractivity contribution in [2.45, 2.75) is 56.9 Å². The molecule has 2 bridgehead atoms. The summed E-state index contributed by atoms with van der Waals surface area (Å²) in [5.41, 5.74) is 2.38. The minimum Gasteiger partial charge on any atom is -0.350 e. The maximum atomic E-state index is 12.3. The van der Waals surface area contributed by atoms with Crippen LogP contribution >= 0.6 is 0 Å². The van der Waals surface area contributed by atoms with Gasteiger partial charge in [0.05, 0.1) is 6.54 Å². The van der Waals surface area contributed by atoms with Gasteiger partial charge in [-0.1, -0.05) is 60.7 Å². The summed E-state index contributed by atoms with van der Waals surface area (Å²) in [5.74, 6) is -0.188. The van der Waals surface area contributed by atoms with Crippen LogP contribution in [-0.4, -0.2) is 41.5 Å². The first-order chi connectivity index (χ1) is 14.7. The Kier molecular flexibility index (Phi) is 6.64. The van der Waals surface area contributed by atoms with E-state index in [1.165, 1.54) is 18.4 Å². The molecule has 2 aromatic rings. The van der Waals surface area contributed by atoms with Gasteiger partial charge in [-0.25, -0.2) is 4.79 Å². The molecule has 0 radical (unpaired) electrons. The van der Waals surface area contributed by atoms with Crippen LogP contribution in [0.4, 0.5) is 4.79 Å². The fourth-order valence-corrected chi connectivity index (χ4v) is 4.70. The Hall–Kier alpha value is -2.86. The van der Waals surface area contributed by atoms with E-state index in [2.05, 4.69) is 51.2 Å². The van der Waals surface area contributed by atoms with Crippen molar-refractivity contribution in [3.05, 3.63) is 71.8 Å². The van der Waals surface area contributed by atoms with Crippen molar-refractivity contribution in [1.82, 2.24) is 20.9 Å². The van der Waals surface area contributed by atoms with E-state index in [0.29, 0.717) is 18.6 Å². The summed E-state index contributed by atoms with van der Waals surface area (Å²) < 4.78 is 0. The summed E-state index contributed by atoms with van der Waals surface area (Å²) in [6, 6.07) is 21.3. The third-order valence-corrected chi connectivity index (χ3v) is 6.17. The average Bonchev–Trinajstić information content (AvgIpc) is 3.00. The molecule has 2 atom stereocenters. The van der Waals surface area contributed by atoms with Crippen molar-refractivity contribution < 1.29 is 9.59 Å². The number of urea groups is 1. The first-order valence-electron chi connectivity index (χ1n) is 10.8. The van der Waals surface area contributed by atoms with Crippen LogP contribution in [0.3, 0.4) is 0 Å². The van der Waals surface area contributed by atoms with E-state index in [1.807, 2.05) is 30.3 Å². The summed E-state index contributed by atoms with van der Waals surface area (Å²) in [7, 11) is 0. The molecule has 0 spiro atoms. The second-order valence-corrected chi connectivity index (χ2v) is 8.30. The topological polar surface area (TPSA) is 73.5 Å². The molecule has 30 heavy (non-hydrogen) atoms. The van der Waals surface area contributed by atoms with Gasteiger partial charge in [0.25, 0.3) is 0 Å². The molecule has 6 nitrogen and oxygen atoms in total. The molecule has 3 N–H and O–H groups in total. The van der Waals surface area contributed by atoms with Crippen LogP contribution in [0.1, 0.15) is 36.8 Å². The molecule has 2 aliphatic heterocycles. The smallest absolute Gasteiger partial charge is 0.315 e. The molecule has 3 amide bonds. The van der Waals surface area contributed by atoms with E-state index in [-0.39, 0.29) is 24.5 Å². The second kappa shape index (κ2) is 9.76. The van der Waals surface area contributed by atoms with Gasteiger partial charge < -0.3 is 16.0 Å². The van der Waals surface area contributed by atoms with E-state index in [0.717, 1.165) is 24.9 Å². The van der Waals surface area contributed by atoms with Gasteiger partial charge >= 0.3 is 6.03 Å². The summed E-state index contributed by atoms with van der Waals surface area (Å²) in [6.45, 7) is 1.43. The molecular formula is C24H30N4O2. The summed E-state index contributed by atoms with van der Waals surface area (Å²) in [4.78, 5) is 26.9. The van der Waals surface area contributed by atoms with Crippen molar-refractivity contribution in [3.8, 4) is 0 Å². The van der Waals surface area contributed by atoms with E-state index in [4.69, 9.17) is 0 Å². The normalized spacial score (nSPS) is 23.0. The van der Waals surface area contributed by atoms with Crippen LogP contribution in [0.5, 0.6) is 0 Å². The third-order valence-electron chi connectivity index (χ3n) is 6.17. The Morgan fingerprint density at radius 1 is 0.833 bits per heavy atom. The van der Waals surface area contributed by atoms with Crippen LogP contribution in [0.15, 0.2) is 60.7 Å². The molecule has 6 heteroatoms. The molecule has 2 fully saturated rings. The number of carbonyl (C=O) groups excluding carboxylic acids is 2. The molecule has 2 aliphatic rings. The van der Waals surface area contributed by atoms with Gasteiger partial charge in [0, 0.05) is 31.2 Å². The summed E-state index contributed by atoms with van der Waals surface area (Å²) in [6.07, 6.45) is 4.33. The van der Waals surface area contributed by atoms with Crippen molar-refractivity contribution in [3.63, 3.8) is 0 Å². The zero-order valence-electron chi connectivity index (χ0n) is 17.2. The van der Waals surface area contributed by atoms with Crippen LogP contribution in [0, 0.1) is 0 Å². The minimum atomic E-state index is -0.259. The van der Waals surface area contributed by atoms with Crippen LogP contribution in [0.2, 0.25) is 0 Å². The Bertz CT molecular complexity index is 829. The number of piperidine rings is 1. The Morgan fingerprint density at radius 3 is 2.07 bits per heavy atom. The highest BCUT2D eigenvalue weighted by Gasteiger charge is 2.40. The Morgan fingerprint density at radius 2 is 1.43 bits per heavy atom. The average molecular weight is 407 g/mol. The highest BCUT2D eigenvalue weighted by molar-refractivity contribution is 5.83. The van der Waals surface area contributed by atoms with Crippen molar-refractivity contribution >= 4 is 11.9 Å². The lowest BCUT2D eigenvalue weighted by Gasteiger charge is -2.39. The molecule has 2 aromatic carbocycles. The molecule has 0 saturated carbocycles. The van der Waals surface area contributed by atoms with Crippen molar-refractivity contribution in [2.24, 2.45) is 0 Å². The van der Waals surface area contributed by atoms with Crippen LogP contribution in [-0.2, 0) is 17.9 Å². The number of hydrogen-bond acceptors (Lipinski definition) is 3. The second-order valence-electron chi connectivity index (χ2n) is 8.30. The van der Waals surface area contributed by atoms with E-state index < -0.39 is 0 Å². The molecule has 2 saturated heterocycles. The number of hydrogen-bond donors (Lipinski definition) is 3. The molecular weight excluding hydrogens is 376 g/mol. The SMILES string of the molecule is O=C(CNC(=O)NC1CC2CCC(C1)N2Cc1ccccc1)NCc1ccccc1. The number of fused-ring (bicyclic) bond motifs is 2. The lowest BCUT2D eigenvalue weighted by atomic mass is 9.96. The lowest BCUT2D eigenvalue weighted by Crippen LogP contribution is -2.52. The van der Waals surface area contributed by atoms with Gasteiger partial charge in [-0.3, -0.25) is 9.69 Å². The first kappa shape index (κ1) is 20.4. The van der Waals surface area contributed by atoms with Gasteiger partial charge in [0.2, 0.25) is 5.91 Å². The van der Waals surface area contributed by atoms with Gasteiger partial charge in [0.15, 0.2) is 0 Å². The van der Waals surface area contributed by atoms with Gasteiger partial charge in [-0.2, -0.15) is 0 Å². The van der Waals surface area contributed by atoms with Crippen molar-refractivity contribution in [2.75, 3.05) is 6.54 Å². The molecule has 4 rings (SSSR count). The Balaban J connectivity index is 1.18. The predicted octanol–water partition coefficient (Wildman–Crippen LogP) is 2.80. The predicted molar refractivity (Wildman–Crippen MR) is 117 cm³/mol. The zero-order chi connectivity index (χ0) is 20.8. The maximum Gasteiger partial charge on any atom is 0.315 e. The number of carbonyl (C=O) groups is 2. The Labute approximate surface area is 178 Å². The monoisotopic (exact) mass is 406 g/mol. The number of rotatable bonds is 7. The number of amides is 3. The maximum absolute atomic E-state index is 12.3. The van der Waals surface area contributed by atoms with Crippen molar-refractivity contribution in [1.29, 1.82) is 0 Å². The number of nitrogens with one attached hydrogen (secondary N) is 3. The highest BCUT2D eigenvalue weighted by Crippen LogP contribution is 2.36. The molecule has 2 unspecified atom stereocenters. The first-order valence-corrected chi connectivity index (χ1v) is 10.8. The van der Waals surface area contributed by atoms with Gasteiger partial charge in [-0.05, 0) is 36.8 Å². The van der Waals surface area contributed by atoms with E-state index in [9.17, 15) is 9.59 Å². The fourth-order valence-electron chi connectivity index (χ4n) is 4.70. The minimum absolute atomic E-state index is 0.0155. The number of benzene rings is 2. The summed E-state index contributed by atoms with van der Waals surface area (Å²) in [5, 5.41) is 8.59. The highest BCUT2D eigenvalue weighted by atomic mass is 16.2. The quantitative estimate of drug-likeness (QED) is 0.662. The zero-order valence-corrected chi connectivity index (χ0v) is 17.2. The van der Waals surface area contributed by atoms with Crippen LogP contribution < -0.4 is 16.0 Å². The third kappa shape index (κ3) is 5.39. The fraction of sp³-hybridized carbons (Fsp3) is 0.417. The van der Waals surface area contributed by atoms with E-state index in [1.54, 1.807) is 0 Å². The molecule has 0 aliphatic carbocycles. The lowest BCUT2D eigenvalue weighted by molar-refractivity contribution is -0.120. The standard InChI is InChI=1S/C24H30N4O2/c29-23(25-15-18-7-3-1-4-8-18)16-26-24(30)27-20-13-21-11-12-22(14-20)28(21)17-19-9-5-2-6-10-19/h1-10,20-22H,11-17H2,(H,25,29)(H2,26,27,30). The molecule has 158 valence electrons. The van der Waals surface area contributed by atoms with E-state index >= 15 is 0 Å². The summed E-state index contributed by atoms with van der Waals surface area (Å²) >= 11 is 0. The molecule has 0 aromatic heterocycles. The van der Waals surface area contributed by atoms with Crippen LogP contribution in [0.25, 0.3) is 0 Å². The van der Waals surface area contributed by atoms with Gasteiger partial charge in [0.1, 0.15) is 0 Å². The number of nitrogens with zero attached hydrogens (tertiary/aromatic N) is 1. The molecule has 2 heterocycles.